The van der Waals surface area contributed by atoms with Crippen molar-refractivity contribution in [3.05, 3.63) is 65.7 Å². The van der Waals surface area contributed by atoms with Crippen LogP contribution in [0.15, 0.2) is 54.6 Å². The molecule has 0 aliphatic rings. The first-order valence-electron chi connectivity index (χ1n) is 6.25. The lowest BCUT2D eigenvalue weighted by atomic mass is 10.0. The van der Waals surface area contributed by atoms with Crippen LogP contribution in [0.1, 0.15) is 24.5 Å². The van der Waals surface area contributed by atoms with Crippen molar-refractivity contribution in [2.24, 2.45) is 5.73 Å². The van der Waals surface area contributed by atoms with Gasteiger partial charge in [0.25, 0.3) is 0 Å². The second-order valence-electron chi connectivity index (χ2n) is 4.48. The standard InChI is InChI=1S/C16H19NO.ClH/c1-3-16(17,14-10-5-4-6-11-14)18-15-12-8-7-9-13(15)2;/h4-12H,3,17H2,1-2H3;1H. The third-order valence-electron chi connectivity index (χ3n) is 3.17. The number of para-hydroxylation sites is 1. The van der Waals surface area contributed by atoms with Crippen LogP contribution in [0.25, 0.3) is 0 Å². The lowest BCUT2D eigenvalue weighted by molar-refractivity contribution is 0.0680. The Kier molecular flexibility index (Phi) is 5.40. The molecule has 0 saturated heterocycles. The van der Waals surface area contributed by atoms with E-state index in [9.17, 15) is 0 Å². The van der Waals surface area contributed by atoms with Crippen molar-refractivity contribution in [2.75, 3.05) is 0 Å². The fourth-order valence-corrected chi connectivity index (χ4v) is 1.92. The van der Waals surface area contributed by atoms with Gasteiger partial charge in [0, 0.05) is 12.0 Å². The highest BCUT2D eigenvalue weighted by Gasteiger charge is 2.27. The zero-order valence-electron chi connectivity index (χ0n) is 11.3. The Hall–Kier alpha value is -1.51. The Morgan fingerprint density at radius 2 is 1.58 bits per heavy atom. The van der Waals surface area contributed by atoms with Crippen LogP contribution in [-0.2, 0) is 5.72 Å². The summed E-state index contributed by atoms with van der Waals surface area (Å²) < 4.78 is 6.05. The fourth-order valence-electron chi connectivity index (χ4n) is 1.92. The third-order valence-corrected chi connectivity index (χ3v) is 3.17. The first-order valence-corrected chi connectivity index (χ1v) is 6.25. The molecule has 0 amide bonds. The van der Waals surface area contributed by atoms with Gasteiger partial charge >= 0.3 is 0 Å². The molecule has 102 valence electrons. The smallest absolute Gasteiger partial charge is 0.184 e. The molecule has 2 aromatic rings. The molecule has 0 aliphatic carbocycles. The maximum atomic E-state index is 6.40. The quantitative estimate of drug-likeness (QED) is 0.857. The molecule has 0 spiro atoms. The predicted molar refractivity (Wildman–Crippen MR) is 81.7 cm³/mol. The van der Waals surface area contributed by atoms with E-state index < -0.39 is 5.72 Å². The van der Waals surface area contributed by atoms with Crippen molar-refractivity contribution in [1.29, 1.82) is 0 Å². The Morgan fingerprint density at radius 3 is 2.16 bits per heavy atom. The molecule has 0 fully saturated rings. The number of benzene rings is 2. The van der Waals surface area contributed by atoms with Crippen molar-refractivity contribution < 1.29 is 4.74 Å². The second kappa shape index (κ2) is 6.60. The largest absolute Gasteiger partial charge is 0.469 e. The van der Waals surface area contributed by atoms with Crippen LogP contribution in [0.4, 0.5) is 0 Å². The molecule has 2 aromatic carbocycles. The van der Waals surface area contributed by atoms with Gasteiger partial charge in [-0.2, -0.15) is 0 Å². The summed E-state index contributed by atoms with van der Waals surface area (Å²) >= 11 is 0. The summed E-state index contributed by atoms with van der Waals surface area (Å²) in [7, 11) is 0. The highest BCUT2D eigenvalue weighted by atomic mass is 35.5. The zero-order valence-corrected chi connectivity index (χ0v) is 12.1. The summed E-state index contributed by atoms with van der Waals surface area (Å²) in [6.45, 7) is 4.06. The van der Waals surface area contributed by atoms with Gasteiger partial charge in [0.2, 0.25) is 0 Å². The van der Waals surface area contributed by atoms with Crippen molar-refractivity contribution in [1.82, 2.24) is 0 Å². The first kappa shape index (κ1) is 15.5. The van der Waals surface area contributed by atoms with Gasteiger partial charge in [-0.15, -0.1) is 12.4 Å². The zero-order chi connectivity index (χ0) is 13.0. The highest BCUT2D eigenvalue weighted by Crippen LogP contribution is 2.28. The van der Waals surface area contributed by atoms with E-state index in [-0.39, 0.29) is 12.4 Å². The molecule has 0 aliphatic heterocycles. The SMILES string of the molecule is CCC(N)(Oc1ccccc1C)c1ccccc1.Cl. The maximum Gasteiger partial charge on any atom is 0.184 e. The maximum absolute atomic E-state index is 6.40. The van der Waals surface area contributed by atoms with Crippen molar-refractivity contribution in [2.45, 2.75) is 26.0 Å². The minimum atomic E-state index is -0.770. The van der Waals surface area contributed by atoms with Crippen LogP contribution >= 0.6 is 12.4 Å². The van der Waals surface area contributed by atoms with Crippen LogP contribution in [0, 0.1) is 6.92 Å². The lowest BCUT2D eigenvalue weighted by Gasteiger charge is -2.30. The molecule has 0 aromatic heterocycles. The molecule has 19 heavy (non-hydrogen) atoms. The molecule has 0 radical (unpaired) electrons. The number of halogens is 1. The van der Waals surface area contributed by atoms with Gasteiger partial charge in [0.15, 0.2) is 5.72 Å². The van der Waals surface area contributed by atoms with Crippen LogP contribution < -0.4 is 10.5 Å². The number of rotatable bonds is 4. The number of nitrogens with two attached hydrogens (primary N) is 1. The number of ether oxygens (including phenoxy) is 1. The molecule has 2 N–H and O–H groups in total. The van der Waals surface area contributed by atoms with E-state index in [0.717, 1.165) is 16.9 Å². The Bertz CT molecular complexity index is 515. The third kappa shape index (κ3) is 3.49. The van der Waals surface area contributed by atoms with Crippen molar-refractivity contribution in [3.8, 4) is 5.75 Å². The van der Waals surface area contributed by atoms with Gasteiger partial charge in [0.05, 0.1) is 0 Å². The first-order chi connectivity index (χ1) is 8.65. The topological polar surface area (TPSA) is 35.2 Å². The fraction of sp³-hybridized carbons (Fsp3) is 0.250. The Balaban J connectivity index is 0.00000180. The van der Waals surface area contributed by atoms with Gasteiger partial charge in [0.1, 0.15) is 5.75 Å². The summed E-state index contributed by atoms with van der Waals surface area (Å²) in [5.74, 6) is 0.839. The van der Waals surface area contributed by atoms with E-state index in [1.54, 1.807) is 0 Å². The molecule has 0 bridgehead atoms. The number of hydrogen-bond donors (Lipinski definition) is 1. The van der Waals surface area contributed by atoms with E-state index >= 15 is 0 Å². The van der Waals surface area contributed by atoms with Gasteiger partial charge in [-0.3, -0.25) is 5.73 Å². The van der Waals surface area contributed by atoms with Gasteiger partial charge in [-0.05, 0) is 18.6 Å². The van der Waals surface area contributed by atoms with Crippen LogP contribution in [0.2, 0.25) is 0 Å². The van der Waals surface area contributed by atoms with Crippen molar-refractivity contribution >= 4 is 12.4 Å². The minimum Gasteiger partial charge on any atom is -0.469 e. The lowest BCUT2D eigenvalue weighted by Crippen LogP contribution is -2.42. The molecular weight excluding hydrogens is 258 g/mol. The molecule has 1 atom stereocenters. The van der Waals surface area contributed by atoms with Crippen LogP contribution in [-0.4, -0.2) is 0 Å². The molecule has 3 heteroatoms. The summed E-state index contributed by atoms with van der Waals surface area (Å²) in [5.41, 5.74) is 7.72. The summed E-state index contributed by atoms with van der Waals surface area (Å²) in [6, 6.07) is 17.9. The van der Waals surface area contributed by atoms with E-state index in [1.807, 2.05) is 68.4 Å². The average molecular weight is 278 g/mol. The molecule has 0 saturated carbocycles. The molecule has 0 heterocycles. The molecular formula is C16H20ClNO. The van der Waals surface area contributed by atoms with Crippen molar-refractivity contribution in [3.63, 3.8) is 0 Å². The van der Waals surface area contributed by atoms with E-state index in [4.69, 9.17) is 10.5 Å². The average Bonchev–Trinajstić information content (AvgIpc) is 2.42. The summed E-state index contributed by atoms with van der Waals surface area (Å²) in [4.78, 5) is 0. The molecule has 2 nitrogen and oxygen atoms in total. The van der Waals surface area contributed by atoms with Crippen LogP contribution in [0.5, 0.6) is 5.75 Å². The van der Waals surface area contributed by atoms with Gasteiger partial charge in [-0.1, -0.05) is 55.5 Å². The Labute approximate surface area is 121 Å². The van der Waals surface area contributed by atoms with E-state index in [0.29, 0.717) is 6.42 Å². The van der Waals surface area contributed by atoms with Gasteiger partial charge in [-0.25, -0.2) is 0 Å². The molecule has 2 rings (SSSR count). The second-order valence-corrected chi connectivity index (χ2v) is 4.48. The minimum absolute atomic E-state index is 0. The van der Waals surface area contributed by atoms with Gasteiger partial charge < -0.3 is 4.74 Å². The van der Waals surface area contributed by atoms with Crippen LogP contribution in [0.3, 0.4) is 0 Å². The number of hydrogen-bond acceptors (Lipinski definition) is 2. The Morgan fingerprint density at radius 1 is 1.00 bits per heavy atom. The predicted octanol–water partition coefficient (Wildman–Crippen LogP) is 4.02. The highest BCUT2D eigenvalue weighted by molar-refractivity contribution is 5.85. The molecule has 1 unspecified atom stereocenters. The number of aryl methyl sites for hydroxylation is 1. The summed E-state index contributed by atoms with van der Waals surface area (Å²) in [6.07, 6.45) is 0.714. The van der Waals surface area contributed by atoms with E-state index in [1.165, 1.54) is 0 Å². The van der Waals surface area contributed by atoms with E-state index in [2.05, 4.69) is 0 Å². The summed E-state index contributed by atoms with van der Waals surface area (Å²) in [5, 5.41) is 0. The monoisotopic (exact) mass is 277 g/mol. The normalized spacial score (nSPS) is 13.2.